The third kappa shape index (κ3) is 2.39. The molecule has 0 spiro atoms. The van der Waals surface area contributed by atoms with Crippen LogP contribution in [0, 0.1) is 5.82 Å². The second-order valence-electron chi connectivity index (χ2n) is 5.81. The van der Waals surface area contributed by atoms with Crippen molar-refractivity contribution >= 4 is 22.2 Å². The fourth-order valence-electron chi connectivity index (χ4n) is 3.03. The van der Waals surface area contributed by atoms with E-state index >= 15 is 0 Å². The summed E-state index contributed by atoms with van der Waals surface area (Å²) in [5.41, 5.74) is 1.56. The molecule has 0 amide bonds. The minimum absolute atomic E-state index is 0.272. The number of benzene rings is 1. The molecular formula is C16H17FN4O. The molecule has 5 nitrogen and oxygen atoms in total. The van der Waals surface area contributed by atoms with Gasteiger partial charge in [0.25, 0.3) is 0 Å². The van der Waals surface area contributed by atoms with Gasteiger partial charge in [-0.15, -0.1) is 0 Å². The Balaban J connectivity index is 1.69. The van der Waals surface area contributed by atoms with Gasteiger partial charge >= 0.3 is 0 Å². The van der Waals surface area contributed by atoms with Crippen LogP contribution in [0.25, 0.3) is 16.4 Å². The number of nitrogens with zero attached hydrogens (tertiary/aromatic N) is 3. The Morgan fingerprint density at radius 1 is 1.36 bits per heavy atom. The van der Waals surface area contributed by atoms with Crippen LogP contribution in [0.2, 0.25) is 0 Å². The molecule has 4 rings (SSSR count). The molecule has 0 aliphatic carbocycles. The average Bonchev–Trinajstić information content (AvgIpc) is 2.84. The summed E-state index contributed by atoms with van der Waals surface area (Å²) in [5, 5.41) is 8.73. The van der Waals surface area contributed by atoms with E-state index < -0.39 is 0 Å². The zero-order valence-corrected chi connectivity index (χ0v) is 12.3. The van der Waals surface area contributed by atoms with Crippen LogP contribution in [-0.2, 0) is 4.74 Å². The third-order valence-corrected chi connectivity index (χ3v) is 4.11. The summed E-state index contributed by atoms with van der Waals surface area (Å²) in [6.45, 7) is 2.86. The lowest BCUT2D eigenvalue weighted by Gasteiger charge is -2.28. The number of nitrogens with one attached hydrogen (secondary N) is 1. The first kappa shape index (κ1) is 13.5. The summed E-state index contributed by atoms with van der Waals surface area (Å²) in [6.07, 6.45) is 3.88. The Hall–Kier alpha value is -2.21. The minimum Gasteiger partial charge on any atom is -0.378 e. The van der Waals surface area contributed by atoms with Gasteiger partial charge in [0.15, 0.2) is 0 Å². The number of fused-ring (bicyclic) bond motifs is 3. The highest BCUT2D eigenvalue weighted by molar-refractivity contribution is 5.94. The Labute approximate surface area is 127 Å². The molecule has 3 heterocycles. The van der Waals surface area contributed by atoms with Crippen LogP contribution in [0.15, 0.2) is 30.6 Å². The predicted molar refractivity (Wildman–Crippen MR) is 82.5 cm³/mol. The molecule has 2 atom stereocenters. The Morgan fingerprint density at radius 3 is 3.14 bits per heavy atom. The highest BCUT2D eigenvalue weighted by atomic mass is 19.1. The van der Waals surface area contributed by atoms with Crippen LogP contribution < -0.4 is 5.32 Å². The zero-order valence-electron chi connectivity index (χ0n) is 12.3. The van der Waals surface area contributed by atoms with Crippen LogP contribution in [0.3, 0.4) is 0 Å². The van der Waals surface area contributed by atoms with E-state index in [1.165, 1.54) is 12.1 Å². The van der Waals surface area contributed by atoms with Crippen molar-refractivity contribution in [1.29, 1.82) is 0 Å². The summed E-state index contributed by atoms with van der Waals surface area (Å²) in [7, 11) is 0. The molecule has 1 aromatic carbocycles. The molecule has 0 saturated carbocycles. The lowest BCUT2D eigenvalue weighted by atomic mass is 10.0. The molecule has 1 aliphatic heterocycles. The zero-order chi connectivity index (χ0) is 15.1. The summed E-state index contributed by atoms with van der Waals surface area (Å²) in [4.78, 5) is 4.40. The largest absolute Gasteiger partial charge is 0.378 e. The van der Waals surface area contributed by atoms with Crippen molar-refractivity contribution in [3.05, 3.63) is 36.4 Å². The third-order valence-electron chi connectivity index (χ3n) is 4.11. The maximum absolute atomic E-state index is 13.3. The summed E-state index contributed by atoms with van der Waals surface area (Å²) in [5.74, 6) is 0.538. The van der Waals surface area contributed by atoms with Crippen LogP contribution in [0.4, 0.5) is 10.2 Å². The number of hydrogen-bond acceptors (Lipinski definition) is 4. The van der Waals surface area contributed by atoms with Crippen LogP contribution in [0.1, 0.15) is 19.8 Å². The monoisotopic (exact) mass is 300 g/mol. The Kier molecular flexibility index (Phi) is 3.18. The van der Waals surface area contributed by atoms with E-state index in [0.717, 1.165) is 36.2 Å². The average molecular weight is 300 g/mol. The number of rotatable bonds is 2. The maximum atomic E-state index is 13.3. The number of ether oxygens (including phenoxy) is 1. The molecule has 114 valence electrons. The number of anilines is 1. The van der Waals surface area contributed by atoms with E-state index in [1.54, 1.807) is 16.9 Å². The van der Waals surface area contributed by atoms with E-state index in [9.17, 15) is 4.39 Å². The van der Waals surface area contributed by atoms with Crippen molar-refractivity contribution in [2.24, 2.45) is 0 Å². The molecule has 0 radical (unpaired) electrons. The Bertz CT molecular complexity index is 831. The van der Waals surface area contributed by atoms with Crippen LogP contribution in [0.5, 0.6) is 0 Å². The standard InChI is InChI=1S/C16H17FN4O/c1-10-6-12(4-5-22-10)19-16-8-15-13-3-2-11(17)7-14(13)20-21(15)9-18-16/h2-3,7-10,12,19H,4-6H2,1H3. The van der Waals surface area contributed by atoms with Gasteiger partial charge in [0.2, 0.25) is 0 Å². The van der Waals surface area contributed by atoms with E-state index in [0.29, 0.717) is 11.6 Å². The smallest absolute Gasteiger partial charge is 0.130 e. The predicted octanol–water partition coefficient (Wildman–Crippen LogP) is 3.00. The number of halogens is 1. The van der Waals surface area contributed by atoms with Crippen LogP contribution in [-0.4, -0.2) is 33.4 Å². The molecule has 1 fully saturated rings. The van der Waals surface area contributed by atoms with E-state index in [2.05, 4.69) is 22.3 Å². The molecule has 2 unspecified atom stereocenters. The first-order chi connectivity index (χ1) is 10.7. The Morgan fingerprint density at radius 2 is 2.27 bits per heavy atom. The SMILES string of the molecule is CC1CC(Nc2cc3c4ccc(F)cc4nn3cn2)CCO1. The van der Waals surface area contributed by atoms with Crippen molar-refractivity contribution < 1.29 is 9.13 Å². The van der Waals surface area contributed by atoms with Gasteiger partial charge in [0.05, 0.1) is 17.1 Å². The normalized spacial score (nSPS) is 22.3. The van der Waals surface area contributed by atoms with Gasteiger partial charge in [-0.1, -0.05) is 0 Å². The van der Waals surface area contributed by atoms with Crippen molar-refractivity contribution in [3.8, 4) is 0 Å². The lowest BCUT2D eigenvalue weighted by molar-refractivity contribution is 0.0232. The molecule has 1 N–H and O–H groups in total. The second-order valence-corrected chi connectivity index (χ2v) is 5.81. The maximum Gasteiger partial charge on any atom is 0.130 e. The molecule has 1 saturated heterocycles. The quantitative estimate of drug-likeness (QED) is 0.790. The van der Waals surface area contributed by atoms with E-state index in [4.69, 9.17) is 4.74 Å². The van der Waals surface area contributed by atoms with Crippen LogP contribution >= 0.6 is 0 Å². The van der Waals surface area contributed by atoms with Gasteiger partial charge in [-0.25, -0.2) is 13.9 Å². The highest BCUT2D eigenvalue weighted by Gasteiger charge is 2.19. The number of hydrogen-bond donors (Lipinski definition) is 1. The fourth-order valence-corrected chi connectivity index (χ4v) is 3.03. The first-order valence-corrected chi connectivity index (χ1v) is 7.51. The van der Waals surface area contributed by atoms with Gasteiger partial charge in [0, 0.05) is 30.2 Å². The van der Waals surface area contributed by atoms with Crippen molar-refractivity contribution in [3.63, 3.8) is 0 Å². The molecular weight excluding hydrogens is 283 g/mol. The molecule has 1 aliphatic rings. The van der Waals surface area contributed by atoms with Gasteiger partial charge in [-0.2, -0.15) is 5.10 Å². The van der Waals surface area contributed by atoms with Crippen molar-refractivity contribution in [2.75, 3.05) is 11.9 Å². The summed E-state index contributed by atoms with van der Waals surface area (Å²) < 4.78 is 20.5. The summed E-state index contributed by atoms with van der Waals surface area (Å²) in [6, 6.07) is 6.99. The second kappa shape index (κ2) is 5.21. The van der Waals surface area contributed by atoms with Gasteiger partial charge in [-0.05, 0) is 31.9 Å². The van der Waals surface area contributed by atoms with E-state index in [1.807, 2.05) is 6.07 Å². The molecule has 2 aromatic heterocycles. The van der Waals surface area contributed by atoms with Gasteiger partial charge in [-0.3, -0.25) is 0 Å². The van der Waals surface area contributed by atoms with E-state index in [-0.39, 0.29) is 11.9 Å². The molecule has 22 heavy (non-hydrogen) atoms. The van der Waals surface area contributed by atoms with Crippen molar-refractivity contribution in [1.82, 2.24) is 14.6 Å². The molecule has 3 aromatic rings. The van der Waals surface area contributed by atoms with Gasteiger partial charge < -0.3 is 10.1 Å². The first-order valence-electron chi connectivity index (χ1n) is 7.51. The lowest BCUT2D eigenvalue weighted by Crippen LogP contribution is -2.32. The fraction of sp³-hybridized carbons (Fsp3) is 0.375. The van der Waals surface area contributed by atoms with Crippen molar-refractivity contribution in [2.45, 2.75) is 31.9 Å². The highest BCUT2D eigenvalue weighted by Crippen LogP contribution is 2.23. The summed E-state index contributed by atoms with van der Waals surface area (Å²) >= 11 is 0. The molecule has 6 heteroatoms. The minimum atomic E-state index is -0.279. The topological polar surface area (TPSA) is 51.5 Å². The number of aromatic nitrogens is 3. The molecule has 0 bridgehead atoms. The van der Waals surface area contributed by atoms with Gasteiger partial charge in [0.1, 0.15) is 18.0 Å².